The Hall–Kier alpha value is -2.08. The Bertz CT molecular complexity index is 740. The van der Waals surface area contributed by atoms with Crippen LogP contribution in [0.3, 0.4) is 0 Å². The van der Waals surface area contributed by atoms with Gasteiger partial charge in [-0.05, 0) is 42.7 Å². The Morgan fingerprint density at radius 1 is 0.955 bits per heavy atom. The highest BCUT2D eigenvalue weighted by Crippen LogP contribution is 2.38. The predicted octanol–water partition coefficient (Wildman–Crippen LogP) is 6.50. The molecule has 0 aromatic heterocycles. The van der Waals surface area contributed by atoms with E-state index in [0.29, 0.717) is 0 Å². The first kappa shape index (κ1) is 16.3. The van der Waals surface area contributed by atoms with Crippen LogP contribution in [0, 0.1) is 6.92 Å². The van der Waals surface area contributed by atoms with Crippen LogP contribution in [0.15, 0.2) is 72.4 Å². The SMILES string of the molecule is C/C=C/C=C/C=C(/C)C(C)(C)c1c(C)ccc2ccccc12. The summed E-state index contributed by atoms with van der Waals surface area (Å²) in [6, 6.07) is 13.1. The van der Waals surface area contributed by atoms with E-state index in [4.69, 9.17) is 0 Å². The fraction of sp³-hybridized carbons (Fsp3) is 0.273. The first-order valence-corrected chi connectivity index (χ1v) is 7.94. The van der Waals surface area contributed by atoms with Crippen LogP contribution in [0.2, 0.25) is 0 Å². The molecule has 114 valence electrons. The van der Waals surface area contributed by atoms with Crippen LogP contribution < -0.4 is 0 Å². The molecule has 2 aromatic carbocycles. The van der Waals surface area contributed by atoms with Gasteiger partial charge in [-0.2, -0.15) is 0 Å². The molecule has 0 spiro atoms. The van der Waals surface area contributed by atoms with Gasteiger partial charge in [0.2, 0.25) is 0 Å². The highest BCUT2D eigenvalue weighted by atomic mass is 14.3. The predicted molar refractivity (Wildman–Crippen MR) is 99.4 cm³/mol. The third-order valence-electron chi connectivity index (χ3n) is 4.51. The minimum atomic E-state index is 0.00517. The molecule has 2 rings (SSSR count). The van der Waals surface area contributed by atoms with Gasteiger partial charge in [0.1, 0.15) is 0 Å². The molecule has 0 radical (unpaired) electrons. The van der Waals surface area contributed by atoms with E-state index in [2.05, 4.69) is 88.4 Å². The molecule has 0 aliphatic heterocycles. The van der Waals surface area contributed by atoms with Crippen LogP contribution in [-0.4, -0.2) is 0 Å². The molecule has 0 unspecified atom stereocenters. The molecule has 0 heterocycles. The zero-order chi connectivity index (χ0) is 16.2. The van der Waals surface area contributed by atoms with Crippen LogP contribution in [0.25, 0.3) is 10.8 Å². The molecule has 0 atom stereocenters. The third kappa shape index (κ3) is 3.22. The molecule has 0 N–H and O–H groups in total. The van der Waals surface area contributed by atoms with Crippen molar-refractivity contribution in [1.29, 1.82) is 0 Å². The normalized spacial score (nSPS) is 13.6. The van der Waals surface area contributed by atoms with Gasteiger partial charge in [-0.3, -0.25) is 0 Å². The summed E-state index contributed by atoms with van der Waals surface area (Å²) < 4.78 is 0. The highest BCUT2D eigenvalue weighted by Gasteiger charge is 2.26. The van der Waals surface area contributed by atoms with Gasteiger partial charge in [-0.25, -0.2) is 0 Å². The van der Waals surface area contributed by atoms with Gasteiger partial charge in [-0.1, -0.05) is 86.2 Å². The molecule has 2 aromatic rings. The fourth-order valence-corrected chi connectivity index (χ4v) is 2.99. The highest BCUT2D eigenvalue weighted by molar-refractivity contribution is 5.88. The molecule has 0 heteroatoms. The third-order valence-corrected chi connectivity index (χ3v) is 4.51. The lowest BCUT2D eigenvalue weighted by molar-refractivity contribution is 0.625. The Morgan fingerprint density at radius 3 is 2.41 bits per heavy atom. The summed E-state index contributed by atoms with van der Waals surface area (Å²) in [5, 5.41) is 2.67. The van der Waals surface area contributed by atoms with E-state index >= 15 is 0 Å². The summed E-state index contributed by atoms with van der Waals surface area (Å²) in [4.78, 5) is 0. The van der Waals surface area contributed by atoms with Crippen LogP contribution >= 0.6 is 0 Å². The average molecular weight is 290 g/mol. The summed E-state index contributed by atoms with van der Waals surface area (Å²) in [7, 11) is 0. The van der Waals surface area contributed by atoms with Crippen molar-refractivity contribution in [3.05, 3.63) is 83.5 Å². The molecular formula is C22H26. The maximum atomic E-state index is 2.32. The number of fused-ring (bicyclic) bond motifs is 1. The number of benzene rings is 2. The zero-order valence-corrected chi connectivity index (χ0v) is 14.4. The van der Waals surface area contributed by atoms with Crippen LogP contribution in [0.1, 0.15) is 38.8 Å². The van der Waals surface area contributed by atoms with E-state index in [0.717, 1.165) is 0 Å². The van der Waals surface area contributed by atoms with Crippen molar-refractivity contribution >= 4 is 10.8 Å². The smallest absolute Gasteiger partial charge is 0.0114 e. The molecule has 0 aliphatic rings. The van der Waals surface area contributed by atoms with Gasteiger partial charge in [0, 0.05) is 5.41 Å². The topological polar surface area (TPSA) is 0 Å². The maximum absolute atomic E-state index is 2.32. The van der Waals surface area contributed by atoms with Crippen molar-refractivity contribution in [3.8, 4) is 0 Å². The van der Waals surface area contributed by atoms with Crippen LogP contribution in [0.4, 0.5) is 0 Å². The standard InChI is InChI=1S/C22H26/c1-6-7-8-9-12-18(3)22(4,5)21-17(2)15-16-19-13-10-11-14-20(19)21/h6-16H,1-5H3/b7-6+,9-8+,18-12-. The lowest BCUT2D eigenvalue weighted by Gasteiger charge is -2.30. The summed E-state index contributed by atoms with van der Waals surface area (Å²) in [5.41, 5.74) is 4.16. The van der Waals surface area contributed by atoms with Crippen molar-refractivity contribution in [2.45, 2.75) is 40.0 Å². The number of allylic oxidation sites excluding steroid dienone is 6. The molecular weight excluding hydrogens is 264 g/mol. The van der Waals surface area contributed by atoms with Gasteiger partial charge in [0.25, 0.3) is 0 Å². The van der Waals surface area contributed by atoms with Crippen LogP contribution in [-0.2, 0) is 5.41 Å². The van der Waals surface area contributed by atoms with Crippen molar-refractivity contribution < 1.29 is 0 Å². The molecule has 0 fully saturated rings. The summed E-state index contributed by atoms with van der Waals surface area (Å²) in [6.45, 7) is 11.1. The van der Waals surface area contributed by atoms with E-state index < -0.39 is 0 Å². The Labute approximate surface area is 134 Å². The molecule has 0 nitrogen and oxygen atoms in total. The average Bonchev–Trinajstić information content (AvgIpc) is 2.50. The second-order valence-electron chi connectivity index (χ2n) is 6.36. The van der Waals surface area contributed by atoms with Gasteiger partial charge in [0.15, 0.2) is 0 Å². The zero-order valence-electron chi connectivity index (χ0n) is 14.4. The van der Waals surface area contributed by atoms with E-state index in [1.807, 2.05) is 13.0 Å². The quantitative estimate of drug-likeness (QED) is 0.563. The largest absolute Gasteiger partial charge is 0.0877 e. The van der Waals surface area contributed by atoms with E-state index in [9.17, 15) is 0 Å². The fourth-order valence-electron chi connectivity index (χ4n) is 2.99. The van der Waals surface area contributed by atoms with Gasteiger partial charge < -0.3 is 0 Å². The monoisotopic (exact) mass is 290 g/mol. The Kier molecular flexibility index (Phi) is 5.03. The van der Waals surface area contributed by atoms with E-state index in [1.54, 1.807) is 0 Å². The molecule has 0 aliphatic carbocycles. The number of hydrogen-bond acceptors (Lipinski definition) is 0. The number of hydrogen-bond donors (Lipinski definition) is 0. The van der Waals surface area contributed by atoms with Crippen molar-refractivity contribution in [3.63, 3.8) is 0 Å². The lowest BCUT2D eigenvalue weighted by Crippen LogP contribution is -2.20. The minimum Gasteiger partial charge on any atom is -0.0877 e. The van der Waals surface area contributed by atoms with E-state index in [-0.39, 0.29) is 5.41 Å². The van der Waals surface area contributed by atoms with Crippen molar-refractivity contribution in [1.82, 2.24) is 0 Å². The lowest BCUT2D eigenvalue weighted by atomic mass is 9.74. The Morgan fingerprint density at radius 2 is 1.68 bits per heavy atom. The minimum absolute atomic E-state index is 0.00517. The molecule has 0 amide bonds. The Balaban J connectivity index is 2.56. The van der Waals surface area contributed by atoms with Crippen LogP contribution in [0.5, 0.6) is 0 Å². The van der Waals surface area contributed by atoms with Gasteiger partial charge in [-0.15, -0.1) is 0 Å². The van der Waals surface area contributed by atoms with E-state index in [1.165, 1.54) is 27.5 Å². The molecule has 0 saturated carbocycles. The summed E-state index contributed by atoms with van der Waals surface area (Å²) in [6.07, 6.45) is 10.5. The van der Waals surface area contributed by atoms with Crippen molar-refractivity contribution in [2.75, 3.05) is 0 Å². The summed E-state index contributed by atoms with van der Waals surface area (Å²) in [5.74, 6) is 0. The molecule has 0 bridgehead atoms. The van der Waals surface area contributed by atoms with Crippen molar-refractivity contribution in [2.24, 2.45) is 0 Å². The first-order chi connectivity index (χ1) is 10.5. The number of aryl methyl sites for hydroxylation is 1. The first-order valence-electron chi connectivity index (χ1n) is 7.94. The van der Waals surface area contributed by atoms with Gasteiger partial charge in [0.05, 0.1) is 0 Å². The van der Waals surface area contributed by atoms with Gasteiger partial charge >= 0.3 is 0 Å². The summed E-state index contributed by atoms with van der Waals surface area (Å²) >= 11 is 0. The second-order valence-corrected chi connectivity index (χ2v) is 6.36. The number of rotatable bonds is 4. The second kappa shape index (κ2) is 6.79. The maximum Gasteiger partial charge on any atom is 0.0114 e. The molecule has 0 saturated heterocycles. The molecule has 22 heavy (non-hydrogen) atoms.